The van der Waals surface area contributed by atoms with Gasteiger partial charge in [0, 0.05) is 19.5 Å². The van der Waals surface area contributed by atoms with Crippen LogP contribution in [-0.4, -0.2) is 23.9 Å². The van der Waals surface area contributed by atoms with Crippen molar-refractivity contribution in [2.24, 2.45) is 5.92 Å². The van der Waals surface area contributed by atoms with E-state index in [-0.39, 0.29) is 0 Å². The van der Waals surface area contributed by atoms with Crippen LogP contribution in [0.5, 0.6) is 0 Å². The topological polar surface area (TPSA) is 20.3 Å². The number of carbonyl (C=O) groups is 1. The summed E-state index contributed by atoms with van der Waals surface area (Å²) in [5, 5.41) is 0. The molecule has 22 heavy (non-hydrogen) atoms. The molecule has 1 saturated carbocycles. The van der Waals surface area contributed by atoms with Crippen LogP contribution in [0.25, 0.3) is 0 Å². The Hall–Kier alpha value is -0.530. The first-order valence-corrected chi connectivity index (χ1v) is 10.1. The van der Waals surface area contributed by atoms with E-state index in [1.807, 2.05) is 0 Å². The van der Waals surface area contributed by atoms with Gasteiger partial charge in [0.1, 0.15) is 0 Å². The number of amides is 1. The molecule has 2 nitrogen and oxygen atoms in total. The molecule has 0 aromatic carbocycles. The van der Waals surface area contributed by atoms with Crippen molar-refractivity contribution in [1.82, 2.24) is 4.90 Å². The number of rotatable bonds is 13. The van der Waals surface area contributed by atoms with Gasteiger partial charge in [0.15, 0.2) is 0 Å². The van der Waals surface area contributed by atoms with Crippen LogP contribution in [0.4, 0.5) is 0 Å². The summed E-state index contributed by atoms with van der Waals surface area (Å²) in [6.45, 7) is 6.48. The lowest BCUT2D eigenvalue weighted by Gasteiger charge is -2.23. The zero-order valence-electron chi connectivity index (χ0n) is 15.2. The fraction of sp³-hybridized carbons (Fsp3) is 0.950. The van der Waals surface area contributed by atoms with Gasteiger partial charge in [0.25, 0.3) is 0 Å². The lowest BCUT2D eigenvalue weighted by molar-refractivity contribution is -0.131. The van der Waals surface area contributed by atoms with Crippen LogP contribution < -0.4 is 0 Å². The van der Waals surface area contributed by atoms with E-state index in [2.05, 4.69) is 18.7 Å². The number of hydrogen-bond donors (Lipinski definition) is 0. The summed E-state index contributed by atoms with van der Waals surface area (Å²) in [6.07, 6.45) is 17.5. The van der Waals surface area contributed by atoms with Crippen molar-refractivity contribution in [3.63, 3.8) is 0 Å². The Kier molecular flexibility index (Phi) is 11.5. The average Bonchev–Trinajstić information content (AvgIpc) is 3.04. The molecule has 0 aromatic heterocycles. The second-order valence-electron chi connectivity index (χ2n) is 7.19. The van der Waals surface area contributed by atoms with Crippen LogP contribution in [0.2, 0.25) is 0 Å². The van der Waals surface area contributed by atoms with Crippen LogP contribution in [0, 0.1) is 5.92 Å². The number of nitrogens with zero attached hydrogens (tertiary/aromatic N) is 1. The van der Waals surface area contributed by atoms with Crippen molar-refractivity contribution >= 4 is 5.91 Å². The lowest BCUT2D eigenvalue weighted by Crippen LogP contribution is -2.33. The van der Waals surface area contributed by atoms with Crippen molar-refractivity contribution in [3.05, 3.63) is 0 Å². The molecule has 1 fully saturated rings. The minimum Gasteiger partial charge on any atom is -0.343 e. The van der Waals surface area contributed by atoms with E-state index < -0.39 is 0 Å². The molecule has 0 unspecified atom stereocenters. The van der Waals surface area contributed by atoms with Gasteiger partial charge in [0.2, 0.25) is 5.91 Å². The molecule has 1 aliphatic rings. The maximum absolute atomic E-state index is 12.6. The molecule has 0 radical (unpaired) electrons. The summed E-state index contributed by atoms with van der Waals surface area (Å²) >= 11 is 0. The smallest absolute Gasteiger partial charge is 0.222 e. The van der Waals surface area contributed by atoms with Gasteiger partial charge in [-0.2, -0.15) is 0 Å². The molecular weight excluding hydrogens is 270 g/mol. The number of unbranched alkanes of at least 4 members (excludes halogenated alkanes) is 6. The molecule has 0 atom stereocenters. The monoisotopic (exact) mass is 309 g/mol. The highest BCUT2D eigenvalue weighted by Crippen LogP contribution is 2.28. The van der Waals surface area contributed by atoms with E-state index in [0.29, 0.717) is 5.91 Å². The summed E-state index contributed by atoms with van der Waals surface area (Å²) in [5.74, 6) is 1.27. The van der Waals surface area contributed by atoms with E-state index >= 15 is 0 Å². The summed E-state index contributed by atoms with van der Waals surface area (Å²) in [6, 6.07) is 0. The van der Waals surface area contributed by atoms with Crippen molar-refractivity contribution in [2.75, 3.05) is 13.1 Å². The van der Waals surface area contributed by atoms with Gasteiger partial charge in [-0.25, -0.2) is 0 Å². The number of hydrogen-bond acceptors (Lipinski definition) is 1. The molecule has 0 heterocycles. The normalized spacial score (nSPS) is 15.4. The Balaban J connectivity index is 2.27. The predicted molar refractivity (Wildman–Crippen MR) is 96.1 cm³/mol. The number of carbonyl (C=O) groups excluding carboxylic acids is 1. The third-order valence-electron chi connectivity index (χ3n) is 5.16. The molecule has 0 aromatic rings. The van der Waals surface area contributed by atoms with Crippen molar-refractivity contribution < 1.29 is 4.79 Å². The molecule has 0 bridgehead atoms. The largest absolute Gasteiger partial charge is 0.343 e. The van der Waals surface area contributed by atoms with Gasteiger partial charge in [0.05, 0.1) is 0 Å². The molecule has 1 amide bonds. The second-order valence-corrected chi connectivity index (χ2v) is 7.19. The zero-order valence-corrected chi connectivity index (χ0v) is 15.2. The van der Waals surface area contributed by atoms with Crippen LogP contribution in [0.3, 0.4) is 0 Å². The average molecular weight is 310 g/mol. The summed E-state index contributed by atoms with van der Waals surface area (Å²) in [7, 11) is 0. The Labute approximate surface area is 139 Å². The quantitative estimate of drug-likeness (QED) is 0.385. The first-order chi connectivity index (χ1) is 10.8. The molecule has 0 aliphatic heterocycles. The molecule has 130 valence electrons. The molecule has 0 N–H and O–H groups in total. The minimum atomic E-state index is 0.430. The van der Waals surface area contributed by atoms with Crippen LogP contribution in [0.1, 0.15) is 104 Å². The molecule has 1 rings (SSSR count). The molecule has 1 aliphatic carbocycles. The molecule has 0 spiro atoms. The highest BCUT2D eigenvalue weighted by Gasteiger charge is 2.18. The van der Waals surface area contributed by atoms with E-state index in [4.69, 9.17) is 0 Å². The van der Waals surface area contributed by atoms with Gasteiger partial charge >= 0.3 is 0 Å². The summed E-state index contributed by atoms with van der Waals surface area (Å²) in [5.41, 5.74) is 0. The van der Waals surface area contributed by atoms with Crippen molar-refractivity contribution in [3.8, 4) is 0 Å². The van der Waals surface area contributed by atoms with Gasteiger partial charge in [-0.05, 0) is 25.2 Å². The fourth-order valence-electron chi connectivity index (χ4n) is 3.60. The Morgan fingerprint density at radius 2 is 1.41 bits per heavy atom. The van der Waals surface area contributed by atoms with Crippen LogP contribution in [-0.2, 0) is 4.79 Å². The predicted octanol–water partition coefficient (Wildman–Crippen LogP) is 5.95. The molecular formula is C20H39NO. The SMILES string of the molecule is CCCCCCN(CCCCCC)C(=O)CCC1CCCC1. The highest BCUT2D eigenvalue weighted by atomic mass is 16.2. The molecule has 2 heteroatoms. The zero-order chi connectivity index (χ0) is 16.0. The lowest BCUT2D eigenvalue weighted by atomic mass is 10.0. The second kappa shape index (κ2) is 13.0. The van der Waals surface area contributed by atoms with Gasteiger partial charge < -0.3 is 4.90 Å². The Morgan fingerprint density at radius 1 is 0.864 bits per heavy atom. The van der Waals surface area contributed by atoms with Crippen LogP contribution in [0.15, 0.2) is 0 Å². The Bertz CT molecular complexity index is 259. The Morgan fingerprint density at radius 3 is 1.91 bits per heavy atom. The van der Waals surface area contributed by atoms with Crippen molar-refractivity contribution in [1.29, 1.82) is 0 Å². The maximum atomic E-state index is 12.6. The summed E-state index contributed by atoms with van der Waals surface area (Å²) < 4.78 is 0. The maximum Gasteiger partial charge on any atom is 0.222 e. The highest BCUT2D eigenvalue weighted by molar-refractivity contribution is 5.76. The van der Waals surface area contributed by atoms with E-state index in [9.17, 15) is 4.79 Å². The van der Waals surface area contributed by atoms with E-state index in [1.54, 1.807) is 0 Å². The minimum absolute atomic E-state index is 0.430. The first-order valence-electron chi connectivity index (χ1n) is 10.1. The third kappa shape index (κ3) is 8.80. The van der Waals surface area contributed by atoms with Gasteiger partial charge in [-0.15, -0.1) is 0 Å². The van der Waals surface area contributed by atoms with Gasteiger partial charge in [-0.1, -0.05) is 78.1 Å². The van der Waals surface area contributed by atoms with Crippen molar-refractivity contribution in [2.45, 2.75) is 104 Å². The van der Waals surface area contributed by atoms with Gasteiger partial charge in [-0.3, -0.25) is 4.79 Å². The third-order valence-corrected chi connectivity index (χ3v) is 5.16. The fourth-order valence-corrected chi connectivity index (χ4v) is 3.60. The van der Waals surface area contributed by atoms with Crippen LogP contribution >= 0.6 is 0 Å². The van der Waals surface area contributed by atoms with E-state index in [0.717, 1.165) is 31.8 Å². The van der Waals surface area contributed by atoms with E-state index in [1.165, 1.54) is 77.0 Å². The summed E-state index contributed by atoms with van der Waals surface area (Å²) in [4.78, 5) is 14.7. The molecule has 0 saturated heterocycles. The first kappa shape index (κ1) is 19.5. The standard InChI is InChI=1S/C20H39NO/c1-3-5-7-11-17-21(18-12-8-6-4-2)20(22)16-15-19-13-9-10-14-19/h19H,3-18H2,1-2H3.